The van der Waals surface area contributed by atoms with Crippen molar-refractivity contribution in [3.63, 3.8) is 0 Å². The normalized spacial score (nSPS) is 10.7. The fraction of sp³-hybridized carbons (Fsp3) is 0.120. The van der Waals surface area contributed by atoms with Crippen LogP contribution in [0, 0.1) is 13.8 Å². The summed E-state index contributed by atoms with van der Waals surface area (Å²) in [6, 6.07) is 24.6. The zero-order valence-electron chi connectivity index (χ0n) is 17.8. The Morgan fingerprint density at radius 3 is 2.25 bits per heavy atom. The lowest BCUT2D eigenvalue weighted by Crippen LogP contribution is -2.31. The van der Waals surface area contributed by atoms with E-state index in [9.17, 15) is 9.59 Å². The molecule has 0 spiro atoms. The molecule has 0 bridgehead atoms. The van der Waals surface area contributed by atoms with Crippen molar-refractivity contribution in [2.75, 3.05) is 5.75 Å². The molecule has 0 saturated heterocycles. The van der Waals surface area contributed by atoms with Crippen LogP contribution < -0.4 is 5.32 Å². The largest absolute Gasteiger partial charge is 0.292 e. The Bertz CT molecular complexity index is 1250. The average molecular weight is 443 g/mol. The van der Waals surface area contributed by atoms with Crippen LogP contribution in [0.5, 0.6) is 0 Å². The van der Waals surface area contributed by atoms with E-state index in [1.165, 1.54) is 17.3 Å². The molecule has 32 heavy (non-hydrogen) atoms. The van der Waals surface area contributed by atoms with Crippen LogP contribution in [0.3, 0.4) is 0 Å². The molecule has 4 rings (SSSR count). The van der Waals surface area contributed by atoms with E-state index < -0.39 is 5.91 Å². The van der Waals surface area contributed by atoms with Gasteiger partial charge in [-0.15, -0.1) is 10.2 Å². The van der Waals surface area contributed by atoms with E-state index in [0.717, 1.165) is 16.8 Å². The van der Waals surface area contributed by atoms with Gasteiger partial charge < -0.3 is 0 Å². The first-order valence-corrected chi connectivity index (χ1v) is 11.1. The molecular weight excluding hydrogens is 420 g/mol. The van der Waals surface area contributed by atoms with Crippen LogP contribution in [0.2, 0.25) is 0 Å². The number of benzene rings is 3. The van der Waals surface area contributed by atoms with Gasteiger partial charge in [-0.1, -0.05) is 66.4 Å². The molecule has 1 aromatic heterocycles. The highest BCUT2D eigenvalue weighted by molar-refractivity contribution is 7.99. The monoisotopic (exact) mass is 442 g/mol. The van der Waals surface area contributed by atoms with Crippen LogP contribution in [-0.4, -0.2) is 32.3 Å². The van der Waals surface area contributed by atoms with Crippen molar-refractivity contribution in [2.45, 2.75) is 19.0 Å². The number of nitrogens with one attached hydrogen (secondary N) is 1. The number of carbonyl (C=O) groups excluding carboxylic acids is 2. The van der Waals surface area contributed by atoms with E-state index in [0.29, 0.717) is 16.5 Å². The summed E-state index contributed by atoms with van der Waals surface area (Å²) >= 11 is 1.24. The number of amides is 2. The third-order valence-corrected chi connectivity index (χ3v) is 5.96. The zero-order valence-corrected chi connectivity index (χ0v) is 18.6. The second-order valence-corrected chi connectivity index (χ2v) is 8.25. The standard InChI is InChI=1S/C25H22N4O2S/c1-17-13-14-21(15-18(17)2)29-23(19-9-5-3-6-10-19)27-28-25(29)32-16-22(30)26-24(31)20-11-7-4-8-12-20/h3-15H,16H2,1-2H3,(H,26,30,31). The number of imide groups is 1. The van der Waals surface area contributed by atoms with Gasteiger partial charge in [0.1, 0.15) is 0 Å². The summed E-state index contributed by atoms with van der Waals surface area (Å²) in [7, 11) is 0. The Kier molecular flexibility index (Phi) is 6.47. The van der Waals surface area contributed by atoms with Crippen molar-refractivity contribution < 1.29 is 9.59 Å². The number of aromatic nitrogens is 3. The predicted molar refractivity (Wildman–Crippen MR) is 126 cm³/mol. The summed E-state index contributed by atoms with van der Waals surface area (Å²) < 4.78 is 1.94. The van der Waals surface area contributed by atoms with E-state index >= 15 is 0 Å². The molecule has 3 aromatic carbocycles. The molecule has 0 aliphatic rings. The Balaban J connectivity index is 1.58. The second kappa shape index (κ2) is 9.62. The summed E-state index contributed by atoms with van der Waals surface area (Å²) in [5.74, 6) is -0.0789. The average Bonchev–Trinajstić information content (AvgIpc) is 3.24. The Hall–Kier alpha value is -3.71. The van der Waals surface area contributed by atoms with Crippen molar-refractivity contribution in [1.82, 2.24) is 20.1 Å². The fourth-order valence-corrected chi connectivity index (χ4v) is 3.94. The van der Waals surface area contributed by atoms with E-state index in [1.54, 1.807) is 24.3 Å². The smallest absolute Gasteiger partial charge is 0.257 e. The van der Waals surface area contributed by atoms with Crippen LogP contribution in [-0.2, 0) is 4.79 Å². The van der Waals surface area contributed by atoms with Gasteiger partial charge in [-0.2, -0.15) is 0 Å². The molecule has 0 fully saturated rings. The van der Waals surface area contributed by atoms with E-state index in [1.807, 2.05) is 47.0 Å². The van der Waals surface area contributed by atoms with Crippen molar-refractivity contribution in [2.24, 2.45) is 0 Å². The first kappa shape index (κ1) is 21.5. The Morgan fingerprint density at radius 1 is 0.875 bits per heavy atom. The number of hydrogen-bond donors (Lipinski definition) is 1. The van der Waals surface area contributed by atoms with Crippen molar-refractivity contribution >= 4 is 23.6 Å². The molecule has 0 aliphatic carbocycles. The van der Waals surface area contributed by atoms with Crippen LogP contribution in [0.1, 0.15) is 21.5 Å². The maximum Gasteiger partial charge on any atom is 0.257 e. The third-order valence-electron chi connectivity index (χ3n) is 5.04. The highest BCUT2D eigenvalue weighted by Gasteiger charge is 2.18. The highest BCUT2D eigenvalue weighted by atomic mass is 32.2. The van der Waals surface area contributed by atoms with Crippen LogP contribution in [0.15, 0.2) is 84.0 Å². The summed E-state index contributed by atoms with van der Waals surface area (Å²) in [5.41, 5.74) is 4.62. The zero-order chi connectivity index (χ0) is 22.5. The molecule has 0 unspecified atom stereocenters. The topological polar surface area (TPSA) is 76.9 Å². The SMILES string of the molecule is Cc1ccc(-n2c(SCC(=O)NC(=O)c3ccccc3)nnc2-c2ccccc2)cc1C. The Labute approximate surface area is 190 Å². The van der Waals surface area contributed by atoms with Crippen molar-refractivity contribution in [3.05, 3.63) is 95.6 Å². The molecule has 6 nitrogen and oxygen atoms in total. The second-order valence-electron chi connectivity index (χ2n) is 7.31. The molecule has 0 aliphatic heterocycles. The van der Waals surface area contributed by atoms with Gasteiger partial charge in [-0.3, -0.25) is 19.5 Å². The first-order valence-electron chi connectivity index (χ1n) is 10.1. The lowest BCUT2D eigenvalue weighted by atomic mass is 10.1. The minimum atomic E-state index is -0.420. The summed E-state index contributed by atoms with van der Waals surface area (Å²) in [6.45, 7) is 4.12. The predicted octanol–water partition coefficient (Wildman–Crippen LogP) is 4.60. The van der Waals surface area contributed by atoms with Gasteiger partial charge in [0.15, 0.2) is 11.0 Å². The van der Waals surface area contributed by atoms with E-state index in [2.05, 4.69) is 41.5 Å². The molecule has 0 saturated carbocycles. The number of rotatable bonds is 6. The first-order chi connectivity index (χ1) is 15.5. The van der Waals surface area contributed by atoms with Crippen LogP contribution in [0.25, 0.3) is 17.1 Å². The maximum absolute atomic E-state index is 12.4. The third kappa shape index (κ3) is 4.78. The molecule has 2 amide bonds. The molecule has 0 radical (unpaired) electrons. The number of aryl methyl sites for hydroxylation is 2. The molecule has 1 heterocycles. The Morgan fingerprint density at radius 2 is 1.56 bits per heavy atom. The van der Waals surface area contributed by atoms with Crippen LogP contribution >= 0.6 is 11.8 Å². The molecular formula is C25H22N4O2S. The quantitative estimate of drug-likeness (QED) is 0.442. The van der Waals surface area contributed by atoms with E-state index in [-0.39, 0.29) is 11.7 Å². The summed E-state index contributed by atoms with van der Waals surface area (Å²) in [4.78, 5) is 24.7. The molecule has 160 valence electrons. The fourth-order valence-electron chi connectivity index (χ4n) is 3.19. The number of carbonyl (C=O) groups is 2. The highest BCUT2D eigenvalue weighted by Crippen LogP contribution is 2.28. The maximum atomic E-state index is 12.4. The van der Waals surface area contributed by atoms with Crippen molar-refractivity contribution in [3.8, 4) is 17.1 Å². The van der Waals surface area contributed by atoms with Gasteiger partial charge in [0.25, 0.3) is 5.91 Å². The molecule has 7 heteroatoms. The summed E-state index contributed by atoms with van der Waals surface area (Å²) in [6.07, 6.45) is 0. The molecule has 4 aromatic rings. The van der Waals surface area contributed by atoms with Crippen molar-refractivity contribution in [1.29, 1.82) is 0 Å². The van der Waals surface area contributed by atoms with Gasteiger partial charge in [0, 0.05) is 11.1 Å². The van der Waals surface area contributed by atoms with Gasteiger partial charge >= 0.3 is 0 Å². The molecule has 1 N–H and O–H groups in total. The van der Waals surface area contributed by atoms with Gasteiger partial charge in [-0.05, 0) is 49.2 Å². The lowest BCUT2D eigenvalue weighted by molar-refractivity contribution is -0.117. The number of hydrogen-bond acceptors (Lipinski definition) is 5. The summed E-state index contributed by atoms with van der Waals surface area (Å²) in [5, 5.41) is 11.7. The van der Waals surface area contributed by atoms with Crippen LogP contribution in [0.4, 0.5) is 0 Å². The molecule has 0 atom stereocenters. The number of thioether (sulfide) groups is 1. The minimum absolute atomic E-state index is 0.0380. The lowest BCUT2D eigenvalue weighted by Gasteiger charge is -2.12. The minimum Gasteiger partial charge on any atom is -0.292 e. The number of nitrogens with zero attached hydrogens (tertiary/aromatic N) is 3. The van der Waals surface area contributed by atoms with Gasteiger partial charge in [0.2, 0.25) is 5.91 Å². The van der Waals surface area contributed by atoms with Gasteiger partial charge in [-0.25, -0.2) is 0 Å². The van der Waals surface area contributed by atoms with Gasteiger partial charge in [0.05, 0.1) is 11.4 Å². The van der Waals surface area contributed by atoms with E-state index in [4.69, 9.17) is 0 Å².